The molecular formula is C19H22BrNO. The summed E-state index contributed by atoms with van der Waals surface area (Å²) in [5.41, 5.74) is 5.34. The predicted octanol–water partition coefficient (Wildman–Crippen LogP) is 5.68. The maximum atomic E-state index is 5.54. The van der Waals surface area contributed by atoms with Crippen LogP contribution in [0.1, 0.15) is 48.9 Å². The second kappa shape index (κ2) is 6.33. The largest absolute Gasteiger partial charge is 0.496 e. The quantitative estimate of drug-likeness (QED) is 0.760. The number of fused-ring (bicyclic) bond motifs is 1. The van der Waals surface area contributed by atoms with Crippen LogP contribution in [0.25, 0.3) is 0 Å². The standard InChI is InChI=1S/C19H22BrNO/c1-12(2)16-11-14(20)10-13-8-9-17(21-19(13)16)15-6-4-5-7-18(15)22-3/h4-7,10-12,17,21H,8-9H2,1-3H3. The van der Waals surface area contributed by atoms with Crippen LogP contribution in [0.2, 0.25) is 0 Å². The smallest absolute Gasteiger partial charge is 0.124 e. The average molecular weight is 360 g/mol. The summed E-state index contributed by atoms with van der Waals surface area (Å²) in [6, 6.07) is 13.1. The fourth-order valence-corrected chi connectivity index (χ4v) is 3.77. The van der Waals surface area contributed by atoms with E-state index in [0.717, 1.165) is 18.6 Å². The predicted molar refractivity (Wildman–Crippen MR) is 95.9 cm³/mol. The van der Waals surface area contributed by atoms with E-state index in [1.165, 1.54) is 26.9 Å². The number of nitrogens with one attached hydrogen (secondary N) is 1. The Kier molecular flexibility index (Phi) is 4.44. The Hall–Kier alpha value is -1.48. The highest BCUT2D eigenvalue weighted by molar-refractivity contribution is 9.10. The topological polar surface area (TPSA) is 21.3 Å². The van der Waals surface area contributed by atoms with Crippen molar-refractivity contribution < 1.29 is 4.74 Å². The summed E-state index contributed by atoms with van der Waals surface area (Å²) in [6.45, 7) is 4.49. The van der Waals surface area contributed by atoms with E-state index < -0.39 is 0 Å². The molecule has 0 radical (unpaired) electrons. The van der Waals surface area contributed by atoms with E-state index in [-0.39, 0.29) is 0 Å². The number of hydrogen-bond acceptors (Lipinski definition) is 2. The second-order valence-corrected chi connectivity index (χ2v) is 7.08. The van der Waals surface area contributed by atoms with Gasteiger partial charge in [0.15, 0.2) is 0 Å². The number of hydrogen-bond donors (Lipinski definition) is 1. The van der Waals surface area contributed by atoms with Crippen LogP contribution < -0.4 is 10.1 Å². The Morgan fingerprint density at radius 2 is 2.00 bits per heavy atom. The summed E-state index contributed by atoms with van der Waals surface area (Å²) in [7, 11) is 1.74. The lowest BCUT2D eigenvalue weighted by Gasteiger charge is -2.31. The molecule has 1 aliphatic rings. The van der Waals surface area contributed by atoms with Gasteiger partial charge in [-0.2, -0.15) is 0 Å². The minimum Gasteiger partial charge on any atom is -0.496 e. The summed E-state index contributed by atoms with van der Waals surface area (Å²) in [4.78, 5) is 0. The number of rotatable bonds is 3. The molecule has 116 valence electrons. The van der Waals surface area contributed by atoms with Crippen LogP contribution >= 0.6 is 15.9 Å². The van der Waals surface area contributed by atoms with Crippen LogP contribution in [0.5, 0.6) is 5.75 Å². The van der Waals surface area contributed by atoms with Gasteiger partial charge in [0.2, 0.25) is 0 Å². The van der Waals surface area contributed by atoms with Crippen LogP contribution in [-0.2, 0) is 6.42 Å². The first kappa shape index (κ1) is 15.4. The fourth-order valence-electron chi connectivity index (χ4n) is 3.25. The number of halogens is 1. The molecular weight excluding hydrogens is 338 g/mol. The summed E-state index contributed by atoms with van der Waals surface area (Å²) in [5.74, 6) is 1.46. The molecule has 0 aromatic heterocycles. The normalized spacial score (nSPS) is 17.0. The zero-order valence-electron chi connectivity index (χ0n) is 13.3. The molecule has 1 heterocycles. The second-order valence-electron chi connectivity index (χ2n) is 6.16. The molecule has 0 bridgehead atoms. The van der Waals surface area contributed by atoms with Gasteiger partial charge in [0.1, 0.15) is 5.75 Å². The van der Waals surface area contributed by atoms with Crippen molar-refractivity contribution in [3.8, 4) is 5.75 Å². The van der Waals surface area contributed by atoms with Gasteiger partial charge >= 0.3 is 0 Å². The van der Waals surface area contributed by atoms with Crippen LogP contribution in [-0.4, -0.2) is 7.11 Å². The van der Waals surface area contributed by atoms with Crippen molar-refractivity contribution in [3.63, 3.8) is 0 Å². The third-order valence-electron chi connectivity index (χ3n) is 4.37. The highest BCUT2D eigenvalue weighted by Gasteiger charge is 2.24. The number of anilines is 1. The summed E-state index contributed by atoms with van der Waals surface area (Å²) in [5, 5.41) is 3.76. The summed E-state index contributed by atoms with van der Waals surface area (Å²) < 4.78 is 6.71. The molecule has 0 saturated carbocycles. The molecule has 0 amide bonds. The Morgan fingerprint density at radius 1 is 1.23 bits per heavy atom. The van der Waals surface area contributed by atoms with Crippen LogP contribution in [0, 0.1) is 0 Å². The van der Waals surface area contributed by atoms with Crippen molar-refractivity contribution in [2.24, 2.45) is 0 Å². The lowest BCUT2D eigenvalue weighted by Crippen LogP contribution is -2.20. The monoisotopic (exact) mass is 359 g/mol. The number of aryl methyl sites for hydroxylation is 1. The maximum absolute atomic E-state index is 5.54. The molecule has 0 spiro atoms. The van der Waals surface area contributed by atoms with Crippen LogP contribution in [0.15, 0.2) is 40.9 Å². The lowest BCUT2D eigenvalue weighted by atomic mass is 9.88. The van der Waals surface area contributed by atoms with Gasteiger partial charge in [0, 0.05) is 15.7 Å². The number of methoxy groups -OCH3 is 1. The molecule has 2 nitrogen and oxygen atoms in total. The van der Waals surface area contributed by atoms with Gasteiger partial charge in [-0.3, -0.25) is 0 Å². The molecule has 1 aliphatic heterocycles. The first-order valence-corrected chi connectivity index (χ1v) is 8.61. The van der Waals surface area contributed by atoms with Gasteiger partial charge in [0.25, 0.3) is 0 Å². The molecule has 0 fully saturated rings. The molecule has 2 aromatic carbocycles. The zero-order chi connectivity index (χ0) is 15.7. The van der Waals surface area contributed by atoms with Crippen LogP contribution in [0.3, 0.4) is 0 Å². The zero-order valence-corrected chi connectivity index (χ0v) is 14.9. The number of para-hydroxylation sites is 1. The maximum Gasteiger partial charge on any atom is 0.124 e. The minimum absolute atomic E-state index is 0.308. The van der Waals surface area contributed by atoms with Crippen LogP contribution in [0.4, 0.5) is 5.69 Å². The molecule has 22 heavy (non-hydrogen) atoms. The highest BCUT2D eigenvalue weighted by Crippen LogP contribution is 2.41. The molecule has 1 N–H and O–H groups in total. The lowest BCUT2D eigenvalue weighted by molar-refractivity contribution is 0.405. The van der Waals surface area contributed by atoms with Crippen molar-refractivity contribution in [1.82, 2.24) is 0 Å². The van der Waals surface area contributed by atoms with E-state index in [4.69, 9.17) is 4.74 Å². The van der Waals surface area contributed by atoms with Gasteiger partial charge in [-0.05, 0) is 48.1 Å². The van der Waals surface area contributed by atoms with Gasteiger partial charge in [-0.1, -0.05) is 48.0 Å². The molecule has 1 unspecified atom stereocenters. The summed E-state index contributed by atoms with van der Waals surface area (Å²) >= 11 is 3.64. The Labute approximate surface area is 141 Å². The van der Waals surface area contributed by atoms with E-state index in [1.54, 1.807) is 7.11 Å². The van der Waals surface area contributed by atoms with Crippen molar-refractivity contribution in [2.75, 3.05) is 12.4 Å². The third kappa shape index (κ3) is 2.87. The fraction of sp³-hybridized carbons (Fsp3) is 0.368. The van der Waals surface area contributed by atoms with Crippen molar-refractivity contribution in [2.45, 2.75) is 38.6 Å². The van der Waals surface area contributed by atoms with Crippen molar-refractivity contribution in [1.29, 1.82) is 0 Å². The Bertz CT molecular complexity index is 681. The van der Waals surface area contributed by atoms with Gasteiger partial charge in [0.05, 0.1) is 13.2 Å². The number of ether oxygens (including phenoxy) is 1. The molecule has 3 rings (SSSR count). The van der Waals surface area contributed by atoms with E-state index in [9.17, 15) is 0 Å². The van der Waals surface area contributed by atoms with Gasteiger partial charge in [-0.15, -0.1) is 0 Å². The third-order valence-corrected chi connectivity index (χ3v) is 4.83. The Morgan fingerprint density at radius 3 is 2.73 bits per heavy atom. The van der Waals surface area contributed by atoms with E-state index in [0.29, 0.717) is 12.0 Å². The highest BCUT2D eigenvalue weighted by atomic mass is 79.9. The van der Waals surface area contributed by atoms with E-state index in [2.05, 4.69) is 59.4 Å². The van der Waals surface area contributed by atoms with E-state index >= 15 is 0 Å². The van der Waals surface area contributed by atoms with Gasteiger partial charge < -0.3 is 10.1 Å². The molecule has 1 atom stereocenters. The molecule has 3 heteroatoms. The summed E-state index contributed by atoms with van der Waals surface area (Å²) in [6.07, 6.45) is 2.17. The average Bonchev–Trinajstić information content (AvgIpc) is 2.53. The van der Waals surface area contributed by atoms with Crippen molar-refractivity contribution >= 4 is 21.6 Å². The van der Waals surface area contributed by atoms with Gasteiger partial charge in [-0.25, -0.2) is 0 Å². The van der Waals surface area contributed by atoms with Crippen molar-refractivity contribution in [3.05, 3.63) is 57.6 Å². The first-order valence-electron chi connectivity index (χ1n) is 7.82. The molecule has 0 saturated heterocycles. The molecule has 2 aromatic rings. The first-order chi connectivity index (χ1) is 10.6. The number of benzene rings is 2. The molecule has 0 aliphatic carbocycles. The SMILES string of the molecule is COc1ccccc1C1CCc2cc(Br)cc(C(C)C)c2N1. The minimum atomic E-state index is 0.308. The van der Waals surface area contributed by atoms with E-state index in [1.807, 2.05) is 12.1 Å². The Balaban J connectivity index is 2.00.